The van der Waals surface area contributed by atoms with Gasteiger partial charge in [-0.25, -0.2) is 4.79 Å². The summed E-state index contributed by atoms with van der Waals surface area (Å²) >= 11 is 5.88. The molecule has 2 aromatic carbocycles. The molecule has 1 N–H and O–H groups in total. The molecule has 6 nitrogen and oxygen atoms in total. The van der Waals surface area contributed by atoms with E-state index in [2.05, 4.69) is 15.5 Å². The fourth-order valence-corrected chi connectivity index (χ4v) is 3.20. The monoisotopic (exact) mass is 368 g/mol. The molecule has 1 atom stereocenters. The second kappa shape index (κ2) is 7.17. The molecule has 1 fully saturated rings. The van der Waals surface area contributed by atoms with Crippen LogP contribution < -0.4 is 5.32 Å². The van der Waals surface area contributed by atoms with E-state index >= 15 is 0 Å². The van der Waals surface area contributed by atoms with Crippen LogP contribution in [0.3, 0.4) is 0 Å². The van der Waals surface area contributed by atoms with E-state index < -0.39 is 0 Å². The van der Waals surface area contributed by atoms with Gasteiger partial charge in [0.2, 0.25) is 11.7 Å². The lowest BCUT2D eigenvalue weighted by molar-refractivity contribution is 0.193. The smallest absolute Gasteiger partial charge is 0.322 e. The Labute approximate surface area is 155 Å². The maximum Gasteiger partial charge on any atom is 0.322 e. The van der Waals surface area contributed by atoms with Gasteiger partial charge >= 0.3 is 6.03 Å². The summed E-state index contributed by atoms with van der Waals surface area (Å²) in [6, 6.07) is 16.2. The van der Waals surface area contributed by atoms with Gasteiger partial charge in [-0.3, -0.25) is 0 Å². The fraction of sp³-hybridized carbons (Fsp3) is 0.211. The minimum Gasteiger partial charge on any atom is -0.337 e. The van der Waals surface area contributed by atoms with Crippen molar-refractivity contribution in [3.8, 4) is 11.4 Å². The highest BCUT2D eigenvalue weighted by Crippen LogP contribution is 2.32. The topological polar surface area (TPSA) is 71.3 Å². The van der Waals surface area contributed by atoms with E-state index in [-0.39, 0.29) is 12.1 Å². The molecule has 2 heterocycles. The van der Waals surface area contributed by atoms with Crippen molar-refractivity contribution in [2.24, 2.45) is 0 Å². The van der Waals surface area contributed by atoms with Crippen LogP contribution in [0.15, 0.2) is 59.1 Å². The van der Waals surface area contributed by atoms with Crippen LogP contribution in [0, 0.1) is 0 Å². The van der Waals surface area contributed by atoms with Crippen molar-refractivity contribution < 1.29 is 9.32 Å². The lowest BCUT2D eigenvalue weighted by atomic mass is 10.2. The van der Waals surface area contributed by atoms with Crippen LogP contribution in [0.1, 0.15) is 24.8 Å². The van der Waals surface area contributed by atoms with Crippen LogP contribution >= 0.6 is 11.6 Å². The van der Waals surface area contributed by atoms with Crippen LogP contribution in [0.4, 0.5) is 10.5 Å². The maximum absolute atomic E-state index is 12.7. The molecule has 132 valence electrons. The number of urea groups is 1. The molecule has 26 heavy (non-hydrogen) atoms. The van der Waals surface area contributed by atoms with E-state index in [4.69, 9.17) is 16.1 Å². The summed E-state index contributed by atoms with van der Waals surface area (Å²) in [4.78, 5) is 18.9. The van der Waals surface area contributed by atoms with E-state index in [0.29, 0.717) is 29.0 Å². The van der Waals surface area contributed by atoms with Gasteiger partial charge in [-0.2, -0.15) is 4.98 Å². The Morgan fingerprint density at radius 1 is 1.15 bits per heavy atom. The Kier molecular flexibility index (Phi) is 4.58. The average Bonchev–Trinajstić information content (AvgIpc) is 3.33. The summed E-state index contributed by atoms with van der Waals surface area (Å²) < 4.78 is 5.45. The highest BCUT2D eigenvalue weighted by atomic mass is 35.5. The van der Waals surface area contributed by atoms with Crippen molar-refractivity contribution in [3.63, 3.8) is 0 Å². The Morgan fingerprint density at radius 3 is 2.69 bits per heavy atom. The molecule has 1 saturated heterocycles. The predicted octanol–water partition coefficient (Wildman–Crippen LogP) is 4.76. The van der Waals surface area contributed by atoms with E-state index in [0.717, 1.165) is 18.4 Å². The van der Waals surface area contributed by atoms with Gasteiger partial charge in [0.25, 0.3) is 0 Å². The number of amides is 2. The predicted molar refractivity (Wildman–Crippen MR) is 98.9 cm³/mol. The number of rotatable bonds is 3. The lowest BCUT2D eigenvalue weighted by Crippen LogP contribution is -2.34. The van der Waals surface area contributed by atoms with Crippen LogP contribution in [0.5, 0.6) is 0 Å². The highest BCUT2D eigenvalue weighted by Gasteiger charge is 2.34. The molecule has 4 rings (SSSR count). The van der Waals surface area contributed by atoms with E-state index in [1.807, 2.05) is 30.3 Å². The molecule has 0 spiro atoms. The maximum atomic E-state index is 12.7. The number of hydrogen-bond acceptors (Lipinski definition) is 4. The number of aromatic nitrogens is 2. The van der Waals surface area contributed by atoms with Gasteiger partial charge in [-0.15, -0.1) is 0 Å². The van der Waals surface area contributed by atoms with Gasteiger partial charge < -0.3 is 14.7 Å². The first kappa shape index (κ1) is 16.6. The molecule has 7 heteroatoms. The van der Waals surface area contributed by atoms with Gasteiger partial charge in [-0.1, -0.05) is 47.1 Å². The molecule has 1 aliphatic heterocycles. The van der Waals surface area contributed by atoms with Crippen LogP contribution in [0.2, 0.25) is 5.02 Å². The normalized spacial score (nSPS) is 16.7. The first-order valence-electron chi connectivity index (χ1n) is 8.43. The Hall–Kier alpha value is -2.86. The summed E-state index contributed by atoms with van der Waals surface area (Å²) in [6.45, 7) is 0.646. The van der Waals surface area contributed by atoms with E-state index in [9.17, 15) is 4.79 Å². The number of hydrogen-bond donors (Lipinski definition) is 1. The standard InChI is InChI=1S/C19H17ClN4O2/c20-14-8-10-15(11-9-14)21-19(25)24-12-4-7-16(24)18-22-17(23-26-18)13-5-2-1-3-6-13/h1-3,5-6,8-11,16H,4,7,12H2,(H,21,25)/t16-/m1/s1. The minimum atomic E-state index is -0.215. The van der Waals surface area contributed by atoms with Gasteiger partial charge in [0.15, 0.2) is 0 Å². The Balaban J connectivity index is 1.50. The van der Waals surface area contributed by atoms with Gasteiger partial charge in [0, 0.05) is 22.8 Å². The molecule has 0 radical (unpaired) electrons. The number of anilines is 1. The summed E-state index contributed by atoms with van der Waals surface area (Å²) in [6.07, 6.45) is 1.69. The third-order valence-electron chi connectivity index (χ3n) is 4.37. The number of nitrogens with one attached hydrogen (secondary N) is 1. The zero-order valence-corrected chi connectivity index (χ0v) is 14.7. The number of halogens is 1. The summed E-state index contributed by atoms with van der Waals surface area (Å²) in [5, 5.41) is 7.57. The Morgan fingerprint density at radius 2 is 1.92 bits per heavy atom. The number of benzene rings is 2. The van der Waals surface area contributed by atoms with Crippen molar-refractivity contribution in [3.05, 3.63) is 65.5 Å². The van der Waals surface area contributed by atoms with Gasteiger partial charge in [0.05, 0.1) is 0 Å². The second-order valence-corrected chi connectivity index (χ2v) is 6.55. The number of nitrogens with zero attached hydrogens (tertiary/aromatic N) is 3. The van der Waals surface area contributed by atoms with Crippen molar-refractivity contribution in [1.82, 2.24) is 15.0 Å². The molecule has 0 bridgehead atoms. The average molecular weight is 369 g/mol. The van der Waals surface area contributed by atoms with Crippen LogP contribution in [0.25, 0.3) is 11.4 Å². The van der Waals surface area contributed by atoms with Crippen LogP contribution in [-0.4, -0.2) is 27.6 Å². The zero-order chi connectivity index (χ0) is 17.9. The molecular formula is C19H17ClN4O2. The molecule has 2 amide bonds. The van der Waals surface area contributed by atoms with E-state index in [1.165, 1.54) is 0 Å². The Bertz CT molecular complexity index is 895. The van der Waals surface area contributed by atoms with Crippen LogP contribution in [-0.2, 0) is 0 Å². The molecule has 0 aliphatic carbocycles. The molecule has 0 saturated carbocycles. The van der Waals surface area contributed by atoms with Crippen molar-refractivity contribution in [2.45, 2.75) is 18.9 Å². The van der Waals surface area contributed by atoms with Crippen molar-refractivity contribution in [1.29, 1.82) is 0 Å². The quantitative estimate of drug-likeness (QED) is 0.723. The van der Waals surface area contributed by atoms with Gasteiger partial charge in [0.1, 0.15) is 6.04 Å². The third kappa shape index (κ3) is 3.41. The molecular weight excluding hydrogens is 352 g/mol. The fourth-order valence-electron chi connectivity index (χ4n) is 3.07. The van der Waals surface area contributed by atoms with E-state index in [1.54, 1.807) is 29.2 Å². The SMILES string of the molecule is O=C(Nc1ccc(Cl)cc1)N1CCC[C@@H]1c1nc(-c2ccccc2)no1. The third-order valence-corrected chi connectivity index (χ3v) is 4.62. The van der Waals surface area contributed by atoms with Crippen molar-refractivity contribution in [2.75, 3.05) is 11.9 Å². The summed E-state index contributed by atoms with van der Waals surface area (Å²) in [7, 11) is 0. The second-order valence-electron chi connectivity index (χ2n) is 6.11. The molecule has 1 aliphatic rings. The largest absolute Gasteiger partial charge is 0.337 e. The lowest BCUT2D eigenvalue weighted by Gasteiger charge is -2.22. The number of carbonyl (C=O) groups excluding carboxylic acids is 1. The minimum absolute atomic E-state index is 0.186. The summed E-state index contributed by atoms with van der Waals surface area (Å²) in [5.41, 5.74) is 1.58. The number of likely N-dealkylation sites (tertiary alicyclic amines) is 1. The molecule has 3 aromatic rings. The highest BCUT2D eigenvalue weighted by molar-refractivity contribution is 6.30. The molecule has 1 aromatic heterocycles. The zero-order valence-electron chi connectivity index (χ0n) is 13.9. The van der Waals surface area contributed by atoms with Gasteiger partial charge in [-0.05, 0) is 37.1 Å². The first-order chi connectivity index (χ1) is 12.7. The first-order valence-corrected chi connectivity index (χ1v) is 8.81. The molecule has 0 unspecified atom stereocenters. The summed E-state index contributed by atoms with van der Waals surface area (Å²) in [5.74, 6) is 0.998. The van der Waals surface area contributed by atoms with Crippen molar-refractivity contribution >= 4 is 23.3 Å². The number of carbonyl (C=O) groups is 1.